The summed E-state index contributed by atoms with van der Waals surface area (Å²) in [5, 5.41) is 0. The Hall–Kier alpha value is -2.82. The normalized spacial score (nSPS) is 14.8. The molecule has 0 amide bonds. The van der Waals surface area contributed by atoms with Gasteiger partial charge in [-0.2, -0.15) is 0 Å². The summed E-state index contributed by atoms with van der Waals surface area (Å²) in [4.78, 5) is 7.83. The molecule has 0 aliphatic heterocycles. The van der Waals surface area contributed by atoms with Crippen molar-refractivity contribution in [3.8, 4) is 11.6 Å². The van der Waals surface area contributed by atoms with Gasteiger partial charge in [0.05, 0.1) is 11.3 Å². The molecular weight excluding hydrogens is 326 g/mol. The second-order valence-electron chi connectivity index (χ2n) is 6.44. The largest absolute Gasteiger partial charge is 0.453 e. The van der Waals surface area contributed by atoms with E-state index in [-0.39, 0.29) is 0 Å². The minimum absolute atomic E-state index is 0.331. The number of furan rings is 1. The van der Waals surface area contributed by atoms with Crippen molar-refractivity contribution in [3.05, 3.63) is 78.9 Å². The molecule has 0 radical (unpaired) electrons. The van der Waals surface area contributed by atoms with E-state index in [0.717, 1.165) is 17.0 Å². The molecule has 2 heterocycles. The molecule has 1 N–H and O–H groups in total. The van der Waals surface area contributed by atoms with Crippen molar-refractivity contribution in [3.63, 3.8) is 0 Å². The molecule has 3 nitrogen and oxygen atoms in total. The SMILES string of the molecule is BC(C)(F)C(=C)/C(=C\C=C)c1ccc(-c2nc(/C(C=C)=C/C)c(C)[nH]2)o1. The summed E-state index contributed by atoms with van der Waals surface area (Å²) in [5.74, 6) is 1.68. The summed E-state index contributed by atoms with van der Waals surface area (Å²) in [7, 11) is 1.46. The number of alkyl halides is 1. The van der Waals surface area contributed by atoms with Crippen LogP contribution in [0.1, 0.15) is 31.0 Å². The Morgan fingerprint density at radius 2 is 2.08 bits per heavy atom. The number of allylic oxidation sites excluding steroid dienone is 7. The molecule has 0 saturated carbocycles. The average Bonchev–Trinajstić information content (AvgIpc) is 3.20. The van der Waals surface area contributed by atoms with Gasteiger partial charge in [0.2, 0.25) is 0 Å². The molecule has 134 valence electrons. The number of aromatic amines is 1. The molecule has 0 bridgehead atoms. The Morgan fingerprint density at radius 3 is 2.62 bits per heavy atom. The first-order chi connectivity index (χ1) is 12.2. The molecule has 0 aliphatic carbocycles. The monoisotopic (exact) mass is 350 g/mol. The molecular formula is C21H24BFN2O. The van der Waals surface area contributed by atoms with Crippen LogP contribution < -0.4 is 0 Å². The highest BCUT2D eigenvalue weighted by Crippen LogP contribution is 2.34. The van der Waals surface area contributed by atoms with Crippen LogP contribution in [0.5, 0.6) is 0 Å². The Labute approximate surface area is 155 Å². The molecule has 1 atom stereocenters. The number of halogens is 1. The van der Waals surface area contributed by atoms with Crippen molar-refractivity contribution < 1.29 is 8.81 Å². The van der Waals surface area contributed by atoms with E-state index >= 15 is 0 Å². The third-order valence-corrected chi connectivity index (χ3v) is 4.12. The highest BCUT2D eigenvalue weighted by atomic mass is 19.1. The van der Waals surface area contributed by atoms with Crippen LogP contribution in [0.15, 0.2) is 66.2 Å². The molecule has 0 aliphatic rings. The molecule has 26 heavy (non-hydrogen) atoms. The number of H-pyrrole nitrogens is 1. The molecule has 0 aromatic carbocycles. The fourth-order valence-corrected chi connectivity index (χ4v) is 2.59. The van der Waals surface area contributed by atoms with E-state index in [1.165, 1.54) is 14.8 Å². The number of hydrogen-bond acceptors (Lipinski definition) is 2. The molecule has 1 unspecified atom stereocenters. The summed E-state index contributed by atoms with van der Waals surface area (Å²) in [6.45, 7) is 16.7. The van der Waals surface area contributed by atoms with E-state index in [0.29, 0.717) is 28.5 Å². The minimum Gasteiger partial charge on any atom is -0.453 e. The maximum absolute atomic E-state index is 14.3. The standard InChI is InChI=1S/C21H24BFN2O/c1-7-10-16(13(4)21(6,22)23)17-11-12-18(26-17)20-24-14(5)19(25-20)15(8-2)9-3/h7-12H,1-2,4,22H2,3,5-6H3,(H,24,25)/b15-9+,16-10+. The quantitative estimate of drug-likeness (QED) is 0.563. The van der Waals surface area contributed by atoms with Crippen molar-refractivity contribution in [2.45, 2.75) is 26.3 Å². The van der Waals surface area contributed by atoms with E-state index in [9.17, 15) is 4.39 Å². The van der Waals surface area contributed by atoms with Gasteiger partial charge in [0.25, 0.3) is 0 Å². The van der Waals surface area contributed by atoms with E-state index in [4.69, 9.17) is 4.42 Å². The van der Waals surface area contributed by atoms with Crippen LogP contribution in [0.25, 0.3) is 22.7 Å². The van der Waals surface area contributed by atoms with Gasteiger partial charge in [0.15, 0.2) is 19.4 Å². The summed E-state index contributed by atoms with van der Waals surface area (Å²) in [5.41, 5.74) is 2.02. The van der Waals surface area contributed by atoms with Crippen LogP contribution in [-0.4, -0.2) is 23.4 Å². The smallest absolute Gasteiger partial charge is 0.174 e. The number of nitrogens with zero attached hydrogens (tertiary/aromatic N) is 1. The van der Waals surface area contributed by atoms with Gasteiger partial charge in [-0.15, -0.1) is 0 Å². The van der Waals surface area contributed by atoms with E-state index in [1.807, 2.05) is 19.9 Å². The molecule has 0 fully saturated rings. The highest BCUT2D eigenvalue weighted by molar-refractivity contribution is 6.18. The predicted molar refractivity (Wildman–Crippen MR) is 110 cm³/mol. The zero-order valence-electron chi connectivity index (χ0n) is 15.8. The van der Waals surface area contributed by atoms with Gasteiger partial charge < -0.3 is 9.40 Å². The van der Waals surface area contributed by atoms with Gasteiger partial charge >= 0.3 is 0 Å². The zero-order chi connectivity index (χ0) is 19.5. The second-order valence-corrected chi connectivity index (χ2v) is 6.44. The zero-order valence-corrected chi connectivity index (χ0v) is 15.8. The van der Waals surface area contributed by atoms with Gasteiger partial charge in [-0.25, -0.2) is 9.37 Å². The predicted octanol–water partition coefficient (Wildman–Crippen LogP) is 5.01. The van der Waals surface area contributed by atoms with Gasteiger partial charge in [-0.1, -0.05) is 44.0 Å². The lowest BCUT2D eigenvalue weighted by atomic mass is 9.76. The van der Waals surface area contributed by atoms with Crippen molar-refractivity contribution in [1.82, 2.24) is 9.97 Å². The number of imidazole rings is 1. The number of aromatic nitrogens is 2. The summed E-state index contributed by atoms with van der Waals surface area (Å²) in [6, 6.07) is 3.58. The van der Waals surface area contributed by atoms with E-state index in [2.05, 4.69) is 29.7 Å². The number of hydrogen-bond donors (Lipinski definition) is 1. The molecule has 5 heteroatoms. The fraction of sp³-hybridized carbons (Fsp3) is 0.190. The lowest BCUT2D eigenvalue weighted by Gasteiger charge is -2.19. The average molecular weight is 350 g/mol. The Bertz CT molecular complexity index is 907. The van der Waals surface area contributed by atoms with Gasteiger partial charge in [0.1, 0.15) is 5.76 Å². The van der Waals surface area contributed by atoms with Crippen LogP contribution in [0.4, 0.5) is 4.39 Å². The minimum atomic E-state index is -1.57. The van der Waals surface area contributed by atoms with Crippen molar-refractivity contribution in [2.75, 3.05) is 0 Å². The molecule has 2 aromatic heterocycles. The van der Waals surface area contributed by atoms with Crippen molar-refractivity contribution in [2.24, 2.45) is 0 Å². The van der Waals surface area contributed by atoms with Crippen LogP contribution >= 0.6 is 0 Å². The first-order valence-electron chi connectivity index (χ1n) is 8.40. The second kappa shape index (κ2) is 7.60. The summed E-state index contributed by atoms with van der Waals surface area (Å²) >= 11 is 0. The van der Waals surface area contributed by atoms with Gasteiger partial charge in [-0.3, -0.25) is 0 Å². The van der Waals surface area contributed by atoms with Gasteiger partial charge in [0, 0.05) is 11.3 Å². The molecule has 2 rings (SSSR count). The van der Waals surface area contributed by atoms with Crippen LogP contribution in [0, 0.1) is 6.92 Å². The third-order valence-electron chi connectivity index (χ3n) is 4.12. The number of nitrogens with one attached hydrogen (secondary N) is 1. The first-order valence-corrected chi connectivity index (χ1v) is 8.40. The van der Waals surface area contributed by atoms with Crippen molar-refractivity contribution >= 4 is 19.0 Å². The topological polar surface area (TPSA) is 41.8 Å². The van der Waals surface area contributed by atoms with Gasteiger partial charge in [-0.05, 0) is 44.1 Å². The first kappa shape index (κ1) is 19.5. The number of aryl methyl sites for hydroxylation is 1. The Balaban J connectivity index is 2.45. The van der Waals surface area contributed by atoms with Crippen LogP contribution in [-0.2, 0) is 0 Å². The maximum atomic E-state index is 14.3. The van der Waals surface area contributed by atoms with Crippen LogP contribution in [0.3, 0.4) is 0 Å². The molecule has 0 spiro atoms. The van der Waals surface area contributed by atoms with E-state index < -0.39 is 5.57 Å². The Morgan fingerprint density at radius 1 is 1.38 bits per heavy atom. The van der Waals surface area contributed by atoms with E-state index in [1.54, 1.807) is 30.4 Å². The third kappa shape index (κ3) is 3.88. The maximum Gasteiger partial charge on any atom is 0.174 e. The number of rotatable bonds is 7. The summed E-state index contributed by atoms with van der Waals surface area (Å²) < 4.78 is 20.3. The lowest BCUT2D eigenvalue weighted by molar-refractivity contribution is 0.364. The Kier molecular flexibility index (Phi) is 5.71. The van der Waals surface area contributed by atoms with Crippen LogP contribution in [0.2, 0.25) is 0 Å². The fourth-order valence-electron chi connectivity index (χ4n) is 2.59. The highest BCUT2D eigenvalue weighted by Gasteiger charge is 2.25. The lowest BCUT2D eigenvalue weighted by Crippen LogP contribution is -2.21. The molecule has 2 aromatic rings. The molecule has 0 saturated heterocycles. The van der Waals surface area contributed by atoms with Crippen molar-refractivity contribution in [1.29, 1.82) is 0 Å². The summed E-state index contributed by atoms with van der Waals surface area (Å²) in [6.07, 6.45) is 7.00.